The van der Waals surface area contributed by atoms with Gasteiger partial charge in [-0.1, -0.05) is 29.3 Å². The average molecular weight is 390 g/mol. The van der Waals surface area contributed by atoms with Crippen molar-refractivity contribution in [3.8, 4) is 5.75 Å². The van der Waals surface area contributed by atoms with Gasteiger partial charge in [0.1, 0.15) is 17.1 Å². The van der Waals surface area contributed by atoms with Gasteiger partial charge < -0.3 is 14.1 Å². The number of carbonyl (C=O) groups is 1. The van der Waals surface area contributed by atoms with E-state index in [0.29, 0.717) is 29.6 Å². The zero-order valence-corrected chi connectivity index (χ0v) is 15.7. The van der Waals surface area contributed by atoms with Gasteiger partial charge in [0, 0.05) is 30.8 Å². The molecule has 0 N–H and O–H groups in total. The molecular formula is C20H17Cl2NO3. The van der Waals surface area contributed by atoms with E-state index in [9.17, 15) is 4.79 Å². The van der Waals surface area contributed by atoms with E-state index in [1.165, 1.54) is 0 Å². The van der Waals surface area contributed by atoms with Gasteiger partial charge in [0.05, 0.1) is 17.2 Å². The van der Waals surface area contributed by atoms with Crippen molar-refractivity contribution >= 4 is 40.1 Å². The highest BCUT2D eigenvalue weighted by molar-refractivity contribution is 6.42. The van der Waals surface area contributed by atoms with Crippen molar-refractivity contribution in [2.45, 2.75) is 18.9 Å². The number of rotatable bonds is 4. The zero-order valence-electron chi connectivity index (χ0n) is 14.2. The van der Waals surface area contributed by atoms with E-state index in [1.807, 2.05) is 35.2 Å². The van der Waals surface area contributed by atoms with E-state index < -0.39 is 0 Å². The molecule has 26 heavy (non-hydrogen) atoms. The lowest BCUT2D eigenvalue weighted by atomic mass is 10.1. The Hall–Kier alpha value is -2.17. The maximum atomic E-state index is 12.4. The van der Waals surface area contributed by atoms with Crippen molar-refractivity contribution in [1.82, 2.24) is 4.90 Å². The fourth-order valence-corrected chi connectivity index (χ4v) is 3.66. The van der Waals surface area contributed by atoms with Gasteiger partial charge in [-0.15, -0.1) is 0 Å². The minimum atomic E-state index is 0.0451. The number of benzene rings is 2. The van der Waals surface area contributed by atoms with Gasteiger partial charge >= 0.3 is 0 Å². The smallest absolute Gasteiger partial charge is 0.223 e. The number of furan rings is 1. The molecule has 2 heterocycles. The molecule has 1 unspecified atom stereocenters. The molecule has 3 aromatic rings. The Morgan fingerprint density at radius 3 is 2.77 bits per heavy atom. The third-order valence-electron chi connectivity index (χ3n) is 4.72. The van der Waals surface area contributed by atoms with Crippen molar-refractivity contribution in [2.24, 2.45) is 0 Å². The summed E-state index contributed by atoms with van der Waals surface area (Å²) in [5.41, 5.74) is 1.76. The molecule has 4 nitrogen and oxygen atoms in total. The lowest BCUT2D eigenvalue weighted by Gasteiger charge is -2.16. The van der Waals surface area contributed by atoms with Crippen molar-refractivity contribution in [3.63, 3.8) is 0 Å². The molecule has 1 fully saturated rings. The van der Waals surface area contributed by atoms with E-state index in [4.69, 9.17) is 32.4 Å². The van der Waals surface area contributed by atoms with E-state index in [0.717, 1.165) is 28.0 Å². The highest BCUT2D eigenvalue weighted by atomic mass is 35.5. The van der Waals surface area contributed by atoms with Crippen LogP contribution in [0.25, 0.3) is 11.0 Å². The number of amides is 1. The predicted octanol–water partition coefficient (Wildman–Crippen LogP) is 5.26. The summed E-state index contributed by atoms with van der Waals surface area (Å²) in [5.74, 6) is 1.77. The van der Waals surface area contributed by atoms with Gasteiger partial charge in [0.2, 0.25) is 5.91 Å². The maximum Gasteiger partial charge on any atom is 0.223 e. The lowest BCUT2D eigenvalue weighted by Crippen LogP contribution is -2.24. The maximum absolute atomic E-state index is 12.4. The summed E-state index contributed by atoms with van der Waals surface area (Å²) < 4.78 is 11.2. The fourth-order valence-electron chi connectivity index (χ4n) is 3.34. The molecule has 1 aliphatic heterocycles. The molecule has 0 spiro atoms. The van der Waals surface area contributed by atoms with Crippen LogP contribution in [0.1, 0.15) is 23.7 Å². The third kappa shape index (κ3) is 3.27. The Labute approximate surface area is 161 Å². The molecule has 1 aromatic heterocycles. The van der Waals surface area contributed by atoms with E-state index >= 15 is 0 Å². The minimum Gasteiger partial charge on any atom is -0.497 e. The number of nitrogens with zero attached hydrogens (tertiary/aromatic N) is 1. The molecule has 0 aliphatic carbocycles. The standard InChI is InChI=1S/C20H17Cl2NO3/c1-25-15-3-5-18-13(7-15)8-19(26-18)14-9-20(24)23(11-14)10-12-2-4-16(21)17(22)6-12/h2-8,14H,9-11H2,1H3. The van der Waals surface area contributed by atoms with Crippen LogP contribution in [0.5, 0.6) is 5.75 Å². The molecule has 1 atom stereocenters. The zero-order chi connectivity index (χ0) is 18.3. The van der Waals surface area contributed by atoms with Gasteiger partial charge in [0.15, 0.2) is 0 Å². The number of hydrogen-bond donors (Lipinski definition) is 0. The van der Waals surface area contributed by atoms with Crippen LogP contribution in [-0.2, 0) is 11.3 Å². The van der Waals surface area contributed by atoms with Crippen molar-refractivity contribution < 1.29 is 13.9 Å². The Morgan fingerprint density at radius 1 is 1.15 bits per heavy atom. The van der Waals surface area contributed by atoms with Crippen LogP contribution in [0, 0.1) is 0 Å². The first-order valence-electron chi connectivity index (χ1n) is 8.32. The van der Waals surface area contributed by atoms with Crippen LogP contribution in [0.4, 0.5) is 0 Å². The van der Waals surface area contributed by atoms with Gasteiger partial charge in [-0.2, -0.15) is 0 Å². The van der Waals surface area contributed by atoms with Crippen LogP contribution < -0.4 is 4.74 Å². The van der Waals surface area contributed by atoms with Crippen LogP contribution >= 0.6 is 23.2 Å². The average Bonchev–Trinajstić information content (AvgIpc) is 3.21. The van der Waals surface area contributed by atoms with Gasteiger partial charge in [0.25, 0.3) is 0 Å². The summed E-state index contributed by atoms with van der Waals surface area (Å²) in [5, 5.41) is 1.99. The minimum absolute atomic E-state index is 0.0451. The van der Waals surface area contributed by atoms with Gasteiger partial charge in [-0.25, -0.2) is 0 Å². The van der Waals surface area contributed by atoms with Crippen LogP contribution in [-0.4, -0.2) is 24.5 Å². The second kappa shape index (κ2) is 6.86. The molecule has 0 bridgehead atoms. The molecule has 0 saturated carbocycles. The first-order chi connectivity index (χ1) is 12.5. The summed E-state index contributed by atoms with van der Waals surface area (Å²) >= 11 is 12.0. The fraction of sp³-hybridized carbons (Fsp3) is 0.250. The molecule has 1 amide bonds. The first kappa shape index (κ1) is 17.3. The van der Waals surface area contributed by atoms with E-state index in [2.05, 4.69) is 0 Å². The lowest BCUT2D eigenvalue weighted by molar-refractivity contribution is -0.128. The molecule has 1 saturated heterocycles. The predicted molar refractivity (Wildman–Crippen MR) is 102 cm³/mol. The summed E-state index contributed by atoms with van der Waals surface area (Å²) in [6.07, 6.45) is 0.443. The van der Waals surface area contributed by atoms with E-state index in [1.54, 1.807) is 19.2 Å². The SMILES string of the molecule is COc1ccc2oc(C3CC(=O)N(Cc4ccc(Cl)c(Cl)c4)C3)cc2c1. The Kier molecular flexibility index (Phi) is 4.55. The molecule has 0 radical (unpaired) electrons. The third-order valence-corrected chi connectivity index (χ3v) is 5.46. The van der Waals surface area contributed by atoms with Crippen LogP contribution in [0.15, 0.2) is 46.9 Å². The van der Waals surface area contributed by atoms with Crippen LogP contribution in [0.2, 0.25) is 10.0 Å². The summed E-state index contributed by atoms with van der Waals surface area (Å²) in [7, 11) is 1.64. The monoisotopic (exact) mass is 389 g/mol. The first-order valence-corrected chi connectivity index (χ1v) is 9.08. The Bertz CT molecular complexity index is 982. The highest BCUT2D eigenvalue weighted by Gasteiger charge is 2.32. The summed E-state index contributed by atoms with van der Waals surface area (Å²) in [6, 6.07) is 13.1. The van der Waals surface area contributed by atoms with E-state index in [-0.39, 0.29) is 11.8 Å². The molecule has 6 heteroatoms. The highest BCUT2D eigenvalue weighted by Crippen LogP contribution is 2.34. The molecule has 1 aliphatic rings. The van der Waals surface area contributed by atoms with Crippen LogP contribution in [0.3, 0.4) is 0 Å². The number of hydrogen-bond acceptors (Lipinski definition) is 3. The molecule has 134 valence electrons. The topological polar surface area (TPSA) is 42.7 Å². The number of methoxy groups -OCH3 is 1. The molecule has 2 aromatic carbocycles. The number of carbonyl (C=O) groups excluding carboxylic acids is 1. The Morgan fingerprint density at radius 2 is 2.00 bits per heavy atom. The number of halogens is 2. The largest absolute Gasteiger partial charge is 0.497 e. The quantitative estimate of drug-likeness (QED) is 0.610. The van der Waals surface area contributed by atoms with Gasteiger partial charge in [-0.3, -0.25) is 4.79 Å². The summed E-state index contributed by atoms with van der Waals surface area (Å²) in [6.45, 7) is 1.14. The molecule has 4 rings (SSSR count). The van der Waals surface area contributed by atoms with Crippen molar-refractivity contribution in [3.05, 3.63) is 63.8 Å². The number of likely N-dealkylation sites (tertiary alicyclic amines) is 1. The molecular weight excluding hydrogens is 373 g/mol. The Balaban J connectivity index is 1.52. The number of fused-ring (bicyclic) bond motifs is 1. The van der Waals surface area contributed by atoms with Crippen molar-refractivity contribution in [1.29, 1.82) is 0 Å². The second-order valence-corrected chi connectivity index (χ2v) is 7.29. The van der Waals surface area contributed by atoms with Crippen molar-refractivity contribution in [2.75, 3.05) is 13.7 Å². The summed E-state index contributed by atoms with van der Waals surface area (Å²) in [4.78, 5) is 14.3. The normalized spacial score (nSPS) is 17.3. The number of ether oxygens (including phenoxy) is 1. The second-order valence-electron chi connectivity index (χ2n) is 6.48. The van der Waals surface area contributed by atoms with Gasteiger partial charge in [-0.05, 0) is 42.0 Å².